The van der Waals surface area contributed by atoms with Crippen LogP contribution in [-0.2, 0) is 14.2 Å². The van der Waals surface area contributed by atoms with Gasteiger partial charge in [-0.3, -0.25) is 18.5 Å². The van der Waals surface area contributed by atoms with Gasteiger partial charge < -0.3 is 70.9 Å². The largest absolute Gasteiger partial charge is 0.394 e. The number of fused-ring (bicyclic) bond motifs is 3. The molecule has 6 aromatic rings. The molecule has 0 radical (unpaired) electrons. The lowest BCUT2D eigenvalue weighted by Crippen LogP contribution is -2.33. The minimum atomic E-state index is -1.25. The Hall–Kier alpha value is -5.92. The zero-order valence-electron chi connectivity index (χ0n) is 30.0. The minimum Gasteiger partial charge on any atom is -0.394 e. The van der Waals surface area contributed by atoms with E-state index in [0.717, 1.165) is 0 Å². The van der Waals surface area contributed by atoms with Crippen molar-refractivity contribution in [2.75, 3.05) is 25.6 Å². The van der Waals surface area contributed by atoms with Crippen LogP contribution in [0.25, 0.3) is 43.9 Å². The van der Waals surface area contributed by atoms with Crippen molar-refractivity contribution in [1.82, 2.24) is 58.6 Å². The van der Waals surface area contributed by atoms with Crippen LogP contribution in [0, 0.1) is 0 Å². The van der Waals surface area contributed by atoms with Crippen molar-refractivity contribution in [3.05, 3.63) is 58.8 Å². The van der Waals surface area contributed by atoms with Crippen molar-refractivity contribution in [1.29, 1.82) is 0 Å². The van der Waals surface area contributed by atoms with Gasteiger partial charge in [-0.15, -0.1) is 0 Å². The summed E-state index contributed by atoms with van der Waals surface area (Å²) < 4.78 is 20.3. The van der Waals surface area contributed by atoms with Gasteiger partial charge >= 0.3 is 0 Å². The number of anilines is 1. The third kappa shape index (κ3) is 7.49. The first-order valence-corrected chi connectivity index (χ1v) is 17.4. The number of hydrogen-bond acceptors (Lipinski definition) is 23. The standard InChI is InChI=1S/C10H11N7O4.C10H13N5O4.C10H12N4O5/c11-16-15-8-5-9(13-2-12-8)17(3-14-5)10-7(20)6(19)4(1-18)21-10;11-8-5-9(13-2-12-8)15(3-14-5)10-7(18)6(17)4(1-16)19-10;15-1-4-6(16)7(17)10(19-4)14-3-13-5-8(14)11-2-12-9(5)18/h2-4,6-7,10,18-20H,1H2;2-4,6-7,10,16-18H,1H2,(H2,11,12,13);2-4,6-7,10,15-17H,1H2,(H,11,12,18)/t3*4-,6?,7?,10-/m111/s1. The Kier molecular flexibility index (Phi) is 12.0. The molecule has 29 heteroatoms. The summed E-state index contributed by atoms with van der Waals surface area (Å²) >= 11 is 0. The summed E-state index contributed by atoms with van der Waals surface area (Å²) in [5, 5.41) is 89.6. The molecule has 3 saturated heterocycles. The Morgan fingerprint density at radius 1 is 0.627 bits per heavy atom. The number of aliphatic hydroxyl groups excluding tert-OH is 9. The molecule has 3 fully saturated rings. The van der Waals surface area contributed by atoms with E-state index in [1.165, 1.54) is 51.7 Å². The first kappa shape index (κ1) is 41.2. The third-order valence-corrected chi connectivity index (χ3v) is 9.61. The molecule has 314 valence electrons. The van der Waals surface area contributed by atoms with E-state index in [1.54, 1.807) is 0 Å². The fraction of sp³-hybridized carbons (Fsp3) is 0.500. The minimum absolute atomic E-state index is 0.0491. The lowest BCUT2D eigenvalue weighted by molar-refractivity contribution is -0.0511. The highest BCUT2D eigenvalue weighted by Crippen LogP contribution is 2.34. The summed E-state index contributed by atoms with van der Waals surface area (Å²) in [4.78, 5) is 48.1. The predicted octanol–water partition coefficient (Wildman–Crippen LogP) is -4.87. The van der Waals surface area contributed by atoms with Gasteiger partial charge in [0.25, 0.3) is 5.56 Å². The second kappa shape index (κ2) is 17.1. The number of nitrogens with zero attached hydrogens (tertiary/aromatic N) is 14. The Labute approximate surface area is 326 Å². The first-order chi connectivity index (χ1) is 28.4. The molecule has 6 aromatic heterocycles. The molecule has 29 nitrogen and oxygen atoms in total. The summed E-state index contributed by atoms with van der Waals surface area (Å²) in [6, 6.07) is 0. The quantitative estimate of drug-likeness (QED) is 0.0408. The molecule has 9 rings (SSSR count). The number of nitrogens with two attached hydrogens (primary N) is 1. The van der Waals surface area contributed by atoms with Crippen LogP contribution in [0.4, 0.5) is 11.6 Å². The number of hydrogen-bond donors (Lipinski definition) is 11. The number of rotatable bonds is 7. The predicted molar refractivity (Wildman–Crippen MR) is 191 cm³/mol. The number of aromatic nitrogens is 12. The van der Waals surface area contributed by atoms with Crippen molar-refractivity contribution < 1.29 is 60.2 Å². The van der Waals surface area contributed by atoms with Crippen LogP contribution in [0.2, 0.25) is 0 Å². The lowest BCUT2D eigenvalue weighted by Gasteiger charge is -2.16. The highest BCUT2D eigenvalue weighted by atomic mass is 16.6. The molecule has 6 unspecified atom stereocenters. The highest BCUT2D eigenvalue weighted by molar-refractivity contribution is 5.81. The van der Waals surface area contributed by atoms with Crippen LogP contribution >= 0.6 is 0 Å². The van der Waals surface area contributed by atoms with E-state index in [4.69, 9.17) is 40.8 Å². The van der Waals surface area contributed by atoms with E-state index >= 15 is 0 Å². The maximum atomic E-state index is 11.5. The van der Waals surface area contributed by atoms with Gasteiger partial charge in [-0.05, 0) is 10.6 Å². The number of ether oxygens (including phenoxy) is 3. The number of nitrogen functional groups attached to an aromatic ring is 1. The summed E-state index contributed by atoms with van der Waals surface area (Å²) in [6.45, 7) is -1.24. The third-order valence-electron chi connectivity index (χ3n) is 9.61. The fourth-order valence-electron chi connectivity index (χ4n) is 6.58. The van der Waals surface area contributed by atoms with E-state index in [9.17, 15) is 35.4 Å². The molecule has 0 saturated carbocycles. The topological polar surface area (TPSA) is 435 Å². The number of aromatic amines is 1. The zero-order valence-corrected chi connectivity index (χ0v) is 30.0. The SMILES string of the molecule is Nc1ncnc2c1ncn2[C@@H]1O[C@H](CO)C(O)C1O.O=c1[nH]cnc2c1ncn2[C@@H]1O[C@H](CO)C(O)C1O.[N-]=[N+]=Nc1ncnc2c1ncn2[C@@H]1O[C@H](CO)C(O)C1O. The number of aliphatic hydroxyl groups is 9. The van der Waals surface area contributed by atoms with Gasteiger partial charge in [0.15, 0.2) is 52.8 Å². The van der Waals surface area contributed by atoms with Crippen LogP contribution < -0.4 is 11.3 Å². The van der Waals surface area contributed by atoms with Crippen LogP contribution in [-0.4, -0.2) is 179 Å². The summed E-state index contributed by atoms with van der Waals surface area (Å²) in [7, 11) is 0. The van der Waals surface area contributed by atoms with Crippen molar-refractivity contribution in [2.45, 2.75) is 73.6 Å². The Bertz CT molecular complexity index is 2510. The Morgan fingerprint density at radius 2 is 1.05 bits per heavy atom. The van der Waals surface area contributed by atoms with Crippen molar-refractivity contribution in [2.24, 2.45) is 5.11 Å². The second-order valence-electron chi connectivity index (χ2n) is 13.0. The molecular formula is C30H36N16O13. The number of nitrogens with one attached hydrogen (secondary N) is 1. The van der Waals surface area contributed by atoms with E-state index in [0.29, 0.717) is 11.2 Å². The van der Waals surface area contributed by atoms with Gasteiger partial charge in [-0.2, -0.15) is 0 Å². The van der Waals surface area contributed by atoms with Gasteiger partial charge in [0.2, 0.25) is 0 Å². The van der Waals surface area contributed by atoms with Crippen LogP contribution in [0.15, 0.2) is 47.9 Å². The van der Waals surface area contributed by atoms with Crippen LogP contribution in [0.1, 0.15) is 18.7 Å². The smallest absolute Gasteiger partial charge is 0.278 e. The van der Waals surface area contributed by atoms with Gasteiger partial charge in [0, 0.05) is 4.91 Å². The van der Waals surface area contributed by atoms with E-state index in [1.807, 2.05) is 0 Å². The lowest BCUT2D eigenvalue weighted by atomic mass is 10.1. The number of azide groups is 1. The fourth-order valence-corrected chi connectivity index (χ4v) is 6.58. The number of H-pyrrole nitrogens is 1. The van der Waals surface area contributed by atoms with Gasteiger partial charge in [-0.1, -0.05) is 0 Å². The molecule has 0 spiro atoms. The molecular weight excluding hydrogens is 792 g/mol. The Morgan fingerprint density at radius 3 is 1.51 bits per heavy atom. The normalized spacial score (nSPS) is 30.3. The molecule has 3 aliphatic rings. The molecule has 59 heavy (non-hydrogen) atoms. The van der Waals surface area contributed by atoms with Crippen molar-refractivity contribution in [3.8, 4) is 0 Å². The molecule has 0 bridgehead atoms. The van der Waals surface area contributed by atoms with E-state index in [2.05, 4.69) is 54.9 Å². The molecule has 12 N–H and O–H groups in total. The van der Waals surface area contributed by atoms with E-state index in [-0.39, 0.29) is 34.0 Å². The monoisotopic (exact) mass is 828 g/mol. The van der Waals surface area contributed by atoms with Gasteiger partial charge in [0.05, 0.1) is 45.1 Å². The summed E-state index contributed by atoms with van der Waals surface area (Å²) in [5.41, 5.74) is 15.4. The average Bonchev–Trinajstić information content (AvgIpc) is 4.10. The second-order valence-corrected chi connectivity index (χ2v) is 13.0. The molecule has 0 aromatic carbocycles. The van der Waals surface area contributed by atoms with Gasteiger partial charge in [0.1, 0.15) is 78.6 Å². The van der Waals surface area contributed by atoms with Crippen molar-refractivity contribution in [3.63, 3.8) is 0 Å². The maximum Gasteiger partial charge on any atom is 0.278 e. The molecule has 9 heterocycles. The molecule has 0 aliphatic carbocycles. The summed E-state index contributed by atoms with van der Waals surface area (Å²) in [6.07, 6.45) is -5.03. The maximum absolute atomic E-state index is 11.5. The zero-order chi connectivity index (χ0) is 42.1. The van der Waals surface area contributed by atoms with E-state index < -0.39 is 99.0 Å². The van der Waals surface area contributed by atoms with Gasteiger partial charge in [-0.25, -0.2) is 39.9 Å². The highest BCUT2D eigenvalue weighted by Gasteiger charge is 2.46. The van der Waals surface area contributed by atoms with Crippen LogP contribution in [0.5, 0.6) is 0 Å². The Balaban J connectivity index is 0.000000134. The number of imidazole rings is 3. The first-order valence-electron chi connectivity index (χ1n) is 17.4. The van der Waals surface area contributed by atoms with Crippen molar-refractivity contribution >= 4 is 45.1 Å². The van der Waals surface area contributed by atoms with Crippen LogP contribution in [0.3, 0.4) is 0 Å². The molecule has 3 aliphatic heterocycles. The average molecular weight is 829 g/mol. The molecule has 12 atom stereocenters. The summed E-state index contributed by atoms with van der Waals surface area (Å²) in [5.74, 6) is 0.267. The molecule has 0 amide bonds.